The van der Waals surface area contributed by atoms with E-state index in [1.807, 2.05) is 39.5 Å². The molecule has 0 unspecified atom stereocenters. The molecule has 0 fully saturated rings. The van der Waals surface area contributed by atoms with E-state index in [2.05, 4.69) is 5.32 Å². The van der Waals surface area contributed by atoms with E-state index >= 15 is 0 Å². The molecule has 6 heteroatoms. The van der Waals surface area contributed by atoms with Gasteiger partial charge in [-0.1, -0.05) is 6.07 Å². The number of nitrogens with one attached hydrogen (secondary N) is 1. The molecule has 0 spiro atoms. The maximum absolute atomic E-state index is 12.3. The molecule has 0 aliphatic rings. The molecule has 5 nitrogen and oxygen atoms in total. The first-order valence-corrected chi connectivity index (χ1v) is 9.29. The topological polar surface area (TPSA) is 66.5 Å². The highest BCUT2D eigenvalue weighted by molar-refractivity contribution is 7.90. The van der Waals surface area contributed by atoms with Crippen LogP contribution in [0.3, 0.4) is 0 Å². The van der Waals surface area contributed by atoms with Crippen molar-refractivity contribution in [2.45, 2.75) is 51.6 Å². The molecule has 1 aromatic rings. The van der Waals surface area contributed by atoms with Gasteiger partial charge in [-0.3, -0.25) is 4.79 Å². The van der Waals surface area contributed by atoms with E-state index < -0.39 is 9.84 Å². The lowest BCUT2D eigenvalue weighted by Gasteiger charge is -2.31. The summed E-state index contributed by atoms with van der Waals surface area (Å²) >= 11 is 0. The Bertz CT molecular complexity index is 629. The zero-order valence-electron chi connectivity index (χ0n) is 14.2. The maximum Gasteiger partial charge on any atom is 0.242 e. The molecule has 124 valence electrons. The number of hydrogen-bond acceptors (Lipinski definition) is 4. The summed E-state index contributed by atoms with van der Waals surface area (Å²) in [5, 5.41) is 3.06. The van der Waals surface area contributed by atoms with Gasteiger partial charge in [0.2, 0.25) is 5.91 Å². The van der Waals surface area contributed by atoms with E-state index in [1.54, 1.807) is 18.2 Å². The van der Waals surface area contributed by atoms with Crippen LogP contribution in [0.1, 0.15) is 33.3 Å². The number of anilines is 1. The van der Waals surface area contributed by atoms with Gasteiger partial charge in [-0.2, -0.15) is 0 Å². The van der Waals surface area contributed by atoms with Gasteiger partial charge in [-0.25, -0.2) is 8.42 Å². The van der Waals surface area contributed by atoms with Gasteiger partial charge in [0.15, 0.2) is 9.84 Å². The number of nitrogens with zero attached hydrogens (tertiary/aromatic N) is 1. The van der Waals surface area contributed by atoms with Crippen molar-refractivity contribution in [1.29, 1.82) is 0 Å². The lowest BCUT2D eigenvalue weighted by molar-refractivity contribution is -0.132. The molecule has 0 aromatic heterocycles. The Morgan fingerprint density at radius 1 is 1.18 bits per heavy atom. The number of carbonyl (C=O) groups is 1. The second-order valence-corrected chi connectivity index (χ2v) is 8.11. The van der Waals surface area contributed by atoms with Crippen LogP contribution < -0.4 is 5.32 Å². The van der Waals surface area contributed by atoms with Crippen LogP contribution in [0, 0.1) is 6.92 Å². The predicted octanol–water partition coefficient (Wildman–Crippen LogP) is 2.46. The van der Waals surface area contributed by atoms with Crippen LogP contribution in [-0.4, -0.2) is 44.1 Å². The highest BCUT2D eigenvalue weighted by Crippen LogP contribution is 2.20. The molecule has 0 bridgehead atoms. The number of sulfone groups is 1. The highest BCUT2D eigenvalue weighted by Gasteiger charge is 2.20. The number of carbonyl (C=O) groups excluding carboxylic acids is 1. The molecular formula is C16H26N2O3S. The van der Waals surface area contributed by atoms with Crippen molar-refractivity contribution in [2.75, 3.05) is 18.1 Å². The fraction of sp³-hybridized carbons (Fsp3) is 0.562. The largest absolute Gasteiger partial charge is 0.376 e. The van der Waals surface area contributed by atoms with Gasteiger partial charge in [0.1, 0.15) is 0 Å². The average molecular weight is 326 g/mol. The van der Waals surface area contributed by atoms with Crippen molar-refractivity contribution >= 4 is 21.4 Å². The van der Waals surface area contributed by atoms with Crippen molar-refractivity contribution < 1.29 is 13.2 Å². The molecule has 1 amide bonds. The number of benzene rings is 1. The predicted molar refractivity (Wildman–Crippen MR) is 89.9 cm³/mol. The quantitative estimate of drug-likeness (QED) is 0.872. The molecule has 0 aliphatic carbocycles. The van der Waals surface area contributed by atoms with Crippen molar-refractivity contribution in [3.05, 3.63) is 23.8 Å². The molecule has 22 heavy (non-hydrogen) atoms. The Kier molecular flexibility index (Phi) is 6.00. The Morgan fingerprint density at radius 3 is 2.18 bits per heavy atom. The van der Waals surface area contributed by atoms with Gasteiger partial charge in [0.05, 0.1) is 11.4 Å². The molecular weight excluding hydrogens is 300 g/mol. The normalized spacial score (nSPS) is 11.8. The van der Waals surface area contributed by atoms with E-state index in [9.17, 15) is 13.2 Å². The van der Waals surface area contributed by atoms with Crippen LogP contribution >= 0.6 is 0 Å². The minimum Gasteiger partial charge on any atom is -0.376 e. The summed E-state index contributed by atoms with van der Waals surface area (Å²) in [6, 6.07) is 5.14. The SMILES string of the molecule is Cc1ccc(S(C)(=O)=O)cc1NCC(=O)N(C(C)C)C(C)C. The monoisotopic (exact) mass is 326 g/mol. The van der Waals surface area contributed by atoms with Crippen molar-refractivity contribution in [3.63, 3.8) is 0 Å². The Balaban J connectivity index is 2.90. The van der Waals surface area contributed by atoms with Crippen molar-refractivity contribution in [1.82, 2.24) is 4.90 Å². The third-order valence-electron chi connectivity index (χ3n) is 3.47. The van der Waals surface area contributed by atoms with E-state index in [1.165, 1.54) is 6.26 Å². The molecule has 0 atom stereocenters. The van der Waals surface area contributed by atoms with Crippen molar-refractivity contribution in [3.8, 4) is 0 Å². The highest BCUT2D eigenvalue weighted by atomic mass is 32.2. The number of aryl methyl sites for hydroxylation is 1. The molecule has 0 heterocycles. The Hall–Kier alpha value is -1.56. The third-order valence-corrected chi connectivity index (χ3v) is 4.58. The Labute approximate surface area is 133 Å². The van der Waals surface area contributed by atoms with Crippen LogP contribution in [0.5, 0.6) is 0 Å². The molecule has 1 N–H and O–H groups in total. The third kappa shape index (κ3) is 4.73. The average Bonchev–Trinajstić information content (AvgIpc) is 2.35. The molecule has 0 saturated carbocycles. The van der Waals surface area contributed by atoms with Gasteiger partial charge >= 0.3 is 0 Å². The van der Waals surface area contributed by atoms with Crippen LogP contribution in [0.4, 0.5) is 5.69 Å². The molecule has 1 aromatic carbocycles. The lowest BCUT2D eigenvalue weighted by atomic mass is 10.2. The first-order chi connectivity index (χ1) is 10.0. The zero-order chi connectivity index (χ0) is 17.1. The summed E-state index contributed by atoms with van der Waals surface area (Å²) in [7, 11) is -3.26. The van der Waals surface area contributed by atoms with Crippen LogP contribution in [-0.2, 0) is 14.6 Å². The van der Waals surface area contributed by atoms with Gasteiger partial charge < -0.3 is 10.2 Å². The molecule has 0 radical (unpaired) electrons. The summed E-state index contributed by atoms with van der Waals surface area (Å²) < 4.78 is 23.2. The standard InChI is InChI=1S/C16H26N2O3S/c1-11(2)18(12(3)4)16(19)10-17-15-9-14(22(6,20)21)8-7-13(15)5/h7-9,11-12,17H,10H2,1-6H3. The van der Waals surface area contributed by atoms with Crippen LogP contribution in [0.15, 0.2) is 23.1 Å². The smallest absolute Gasteiger partial charge is 0.242 e. The fourth-order valence-corrected chi connectivity index (χ4v) is 3.10. The minimum atomic E-state index is -3.26. The van der Waals surface area contributed by atoms with E-state index in [-0.39, 0.29) is 29.4 Å². The summed E-state index contributed by atoms with van der Waals surface area (Å²) in [4.78, 5) is 14.4. The molecule has 1 rings (SSSR count). The number of rotatable bonds is 6. The summed E-state index contributed by atoms with van der Waals surface area (Å²) in [5.41, 5.74) is 1.57. The summed E-state index contributed by atoms with van der Waals surface area (Å²) in [6.45, 7) is 9.94. The first-order valence-electron chi connectivity index (χ1n) is 7.39. The molecule has 0 aliphatic heterocycles. The van der Waals surface area contributed by atoms with Gasteiger partial charge in [0, 0.05) is 24.0 Å². The lowest BCUT2D eigenvalue weighted by Crippen LogP contribution is -2.44. The molecule has 0 saturated heterocycles. The van der Waals surface area contributed by atoms with Crippen LogP contribution in [0.2, 0.25) is 0 Å². The second kappa shape index (κ2) is 7.13. The maximum atomic E-state index is 12.3. The van der Waals surface area contributed by atoms with Gasteiger partial charge in [0.25, 0.3) is 0 Å². The first kappa shape index (κ1) is 18.5. The van der Waals surface area contributed by atoms with E-state index in [4.69, 9.17) is 0 Å². The summed E-state index contributed by atoms with van der Waals surface area (Å²) in [6.07, 6.45) is 1.17. The summed E-state index contributed by atoms with van der Waals surface area (Å²) in [5.74, 6) is -0.00541. The van der Waals surface area contributed by atoms with Crippen molar-refractivity contribution in [2.24, 2.45) is 0 Å². The van der Waals surface area contributed by atoms with Crippen LogP contribution in [0.25, 0.3) is 0 Å². The van der Waals surface area contributed by atoms with E-state index in [0.717, 1.165) is 5.56 Å². The van der Waals surface area contributed by atoms with Gasteiger partial charge in [-0.15, -0.1) is 0 Å². The number of amides is 1. The van der Waals surface area contributed by atoms with Gasteiger partial charge in [-0.05, 0) is 52.3 Å². The second-order valence-electron chi connectivity index (χ2n) is 6.09. The number of hydrogen-bond donors (Lipinski definition) is 1. The van der Waals surface area contributed by atoms with E-state index in [0.29, 0.717) is 5.69 Å². The fourth-order valence-electron chi connectivity index (χ4n) is 2.46. The Morgan fingerprint density at radius 2 is 1.73 bits per heavy atom. The minimum absolute atomic E-state index is 0.00541. The zero-order valence-corrected chi connectivity index (χ0v) is 15.0.